The van der Waals surface area contributed by atoms with Gasteiger partial charge < -0.3 is 16.2 Å². The molecular formula is C12H17FN2O2. The summed E-state index contributed by atoms with van der Waals surface area (Å²) < 4.78 is 18.7. The summed E-state index contributed by atoms with van der Waals surface area (Å²) in [4.78, 5) is 10.8. The Hall–Kier alpha value is -1.62. The van der Waals surface area contributed by atoms with Crippen LogP contribution in [0.2, 0.25) is 0 Å². The number of ether oxygens (including phenoxy) is 1. The molecule has 0 saturated carbocycles. The predicted molar refractivity (Wildman–Crippen MR) is 62.9 cm³/mol. The second-order valence-electron chi connectivity index (χ2n) is 4.09. The average molecular weight is 240 g/mol. The van der Waals surface area contributed by atoms with Crippen molar-refractivity contribution in [2.24, 2.45) is 17.4 Å². The van der Waals surface area contributed by atoms with Crippen LogP contribution in [-0.4, -0.2) is 12.5 Å². The molecule has 1 aromatic carbocycles. The molecule has 0 saturated heterocycles. The van der Waals surface area contributed by atoms with Gasteiger partial charge in [-0.3, -0.25) is 4.79 Å². The molecule has 5 heteroatoms. The monoisotopic (exact) mass is 240 g/mol. The lowest BCUT2D eigenvalue weighted by Gasteiger charge is -2.12. The fourth-order valence-electron chi connectivity index (χ4n) is 1.21. The summed E-state index contributed by atoms with van der Waals surface area (Å²) in [6.07, 6.45) is 0. The SMILES string of the molecule is CC(COc1ccc([C@H](C)N)cc1F)C(N)=O. The predicted octanol–water partition coefficient (Wildman–Crippen LogP) is 1.35. The molecular weight excluding hydrogens is 223 g/mol. The van der Waals surface area contributed by atoms with Gasteiger partial charge in [0.25, 0.3) is 0 Å². The first-order valence-electron chi connectivity index (χ1n) is 5.39. The Morgan fingerprint density at radius 1 is 1.47 bits per heavy atom. The van der Waals surface area contributed by atoms with Gasteiger partial charge in [0.15, 0.2) is 11.6 Å². The van der Waals surface area contributed by atoms with Crippen LogP contribution in [0, 0.1) is 11.7 Å². The lowest BCUT2D eigenvalue weighted by atomic mass is 10.1. The van der Waals surface area contributed by atoms with E-state index in [1.165, 1.54) is 12.1 Å². The highest BCUT2D eigenvalue weighted by molar-refractivity contribution is 5.76. The highest BCUT2D eigenvalue weighted by atomic mass is 19.1. The zero-order valence-electron chi connectivity index (χ0n) is 9.94. The van der Waals surface area contributed by atoms with Gasteiger partial charge >= 0.3 is 0 Å². The lowest BCUT2D eigenvalue weighted by molar-refractivity contribution is -0.122. The highest BCUT2D eigenvalue weighted by Gasteiger charge is 2.12. The second kappa shape index (κ2) is 5.63. The minimum atomic E-state index is -0.489. The third-order valence-corrected chi connectivity index (χ3v) is 2.46. The van der Waals surface area contributed by atoms with E-state index in [0.29, 0.717) is 5.56 Å². The van der Waals surface area contributed by atoms with E-state index >= 15 is 0 Å². The fraction of sp³-hybridized carbons (Fsp3) is 0.417. The van der Waals surface area contributed by atoms with E-state index < -0.39 is 17.6 Å². The average Bonchev–Trinajstić information content (AvgIpc) is 2.26. The number of benzene rings is 1. The van der Waals surface area contributed by atoms with Crippen molar-refractivity contribution < 1.29 is 13.9 Å². The zero-order valence-corrected chi connectivity index (χ0v) is 9.94. The Labute approximate surface area is 99.7 Å². The summed E-state index contributed by atoms with van der Waals surface area (Å²) in [5.41, 5.74) is 11.4. The normalized spacial score (nSPS) is 14.1. The van der Waals surface area contributed by atoms with E-state index in [-0.39, 0.29) is 18.4 Å². The summed E-state index contributed by atoms with van der Waals surface area (Å²) in [5.74, 6) is -1.32. The van der Waals surface area contributed by atoms with Gasteiger partial charge in [-0.15, -0.1) is 0 Å². The number of carbonyl (C=O) groups is 1. The molecule has 1 rings (SSSR count). The highest BCUT2D eigenvalue weighted by Crippen LogP contribution is 2.21. The number of halogens is 1. The Morgan fingerprint density at radius 3 is 2.59 bits per heavy atom. The molecule has 0 aliphatic rings. The van der Waals surface area contributed by atoms with E-state index in [0.717, 1.165) is 0 Å². The van der Waals surface area contributed by atoms with Crippen molar-refractivity contribution in [2.45, 2.75) is 19.9 Å². The van der Waals surface area contributed by atoms with Crippen LogP contribution in [0.15, 0.2) is 18.2 Å². The van der Waals surface area contributed by atoms with Crippen LogP contribution in [0.5, 0.6) is 5.75 Å². The summed E-state index contributed by atoms with van der Waals surface area (Å²) in [5, 5.41) is 0. The fourth-order valence-corrected chi connectivity index (χ4v) is 1.21. The summed E-state index contributed by atoms with van der Waals surface area (Å²) in [7, 11) is 0. The van der Waals surface area contributed by atoms with Crippen molar-refractivity contribution in [3.05, 3.63) is 29.6 Å². The van der Waals surface area contributed by atoms with Crippen LogP contribution >= 0.6 is 0 Å². The maximum absolute atomic E-state index is 13.6. The van der Waals surface area contributed by atoms with Crippen molar-refractivity contribution >= 4 is 5.91 Å². The molecule has 2 atom stereocenters. The number of primary amides is 1. The molecule has 0 radical (unpaired) electrons. The minimum Gasteiger partial charge on any atom is -0.490 e. The number of hydrogen-bond acceptors (Lipinski definition) is 3. The van der Waals surface area contributed by atoms with Gasteiger partial charge in [-0.2, -0.15) is 0 Å². The molecule has 0 aliphatic carbocycles. The van der Waals surface area contributed by atoms with Gasteiger partial charge in [0.05, 0.1) is 12.5 Å². The van der Waals surface area contributed by atoms with E-state index in [1.54, 1.807) is 19.9 Å². The summed E-state index contributed by atoms with van der Waals surface area (Å²) in [6.45, 7) is 3.45. The zero-order chi connectivity index (χ0) is 13.0. The van der Waals surface area contributed by atoms with Gasteiger partial charge in [0.2, 0.25) is 5.91 Å². The molecule has 0 aromatic heterocycles. The maximum atomic E-state index is 13.6. The third-order valence-electron chi connectivity index (χ3n) is 2.46. The van der Waals surface area contributed by atoms with E-state index in [2.05, 4.69) is 0 Å². The van der Waals surface area contributed by atoms with Crippen molar-refractivity contribution in [1.82, 2.24) is 0 Å². The quantitative estimate of drug-likeness (QED) is 0.815. The lowest BCUT2D eigenvalue weighted by Crippen LogP contribution is -2.26. The molecule has 17 heavy (non-hydrogen) atoms. The summed E-state index contributed by atoms with van der Waals surface area (Å²) in [6, 6.07) is 4.29. The molecule has 0 aliphatic heterocycles. The second-order valence-corrected chi connectivity index (χ2v) is 4.09. The van der Waals surface area contributed by atoms with Crippen molar-refractivity contribution in [3.63, 3.8) is 0 Å². The first-order valence-corrected chi connectivity index (χ1v) is 5.39. The Bertz CT molecular complexity index is 407. The van der Waals surface area contributed by atoms with Crippen molar-refractivity contribution in [2.75, 3.05) is 6.61 Å². The number of rotatable bonds is 5. The van der Waals surface area contributed by atoms with Crippen LogP contribution in [0.4, 0.5) is 4.39 Å². The first-order chi connectivity index (χ1) is 7.91. The van der Waals surface area contributed by atoms with Crippen LogP contribution in [-0.2, 0) is 4.79 Å². The Balaban J connectivity index is 2.70. The van der Waals surface area contributed by atoms with Crippen molar-refractivity contribution in [3.8, 4) is 5.75 Å². The topological polar surface area (TPSA) is 78.3 Å². The third kappa shape index (κ3) is 3.71. The maximum Gasteiger partial charge on any atom is 0.223 e. The first kappa shape index (κ1) is 13.4. The van der Waals surface area contributed by atoms with Crippen molar-refractivity contribution in [1.29, 1.82) is 0 Å². The van der Waals surface area contributed by atoms with Crippen LogP contribution in [0.1, 0.15) is 25.5 Å². The standard InChI is InChI=1S/C12H17FN2O2/c1-7(12(15)16)6-17-11-4-3-9(8(2)14)5-10(11)13/h3-5,7-8H,6,14H2,1-2H3,(H2,15,16)/t7?,8-/m0/s1. The molecule has 4 nitrogen and oxygen atoms in total. The van der Waals surface area contributed by atoms with E-state index in [4.69, 9.17) is 16.2 Å². The van der Waals surface area contributed by atoms with Gasteiger partial charge in [0, 0.05) is 6.04 Å². The molecule has 1 amide bonds. The number of nitrogens with two attached hydrogens (primary N) is 2. The van der Waals surface area contributed by atoms with E-state index in [9.17, 15) is 9.18 Å². The molecule has 4 N–H and O–H groups in total. The Morgan fingerprint density at radius 2 is 2.12 bits per heavy atom. The number of carbonyl (C=O) groups excluding carboxylic acids is 1. The summed E-state index contributed by atoms with van der Waals surface area (Å²) >= 11 is 0. The molecule has 0 heterocycles. The van der Waals surface area contributed by atoms with Gasteiger partial charge in [-0.1, -0.05) is 13.0 Å². The van der Waals surface area contributed by atoms with Crippen LogP contribution in [0.25, 0.3) is 0 Å². The number of hydrogen-bond donors (Lipinski definition) is 2. The smallest absolute Gasteiger partial charge is 0.223 e. The van der Waals surface area contributed by atoms with E-state index in [1.807, 2.05) is 0 Å². The molecule has 94 valence electrons. The van der Waals surface area contributed by atoms with Gasteiger partial charge in [-0.25, -0.2) is 4.39 Å². The van der Waals surface area contributed by atoms with Gasteiger partial charge in [-0.05, 0) is 24.6 Å². The molecule has 1 unspecified atom stereocenters. The molecule has 1 aromatic rings. The molecule has 0 spiro atoms. The van der Waals surface area contributed by atoms with Gasteiger partial charge in [0.1, 0.15) is 0 Å². The number of amides is 1. The molecule has 0 bridgehead atoms. The largest absolute Gasteiger partial charge is 0.490 e. The minimum absolute atomic E-state index is 0.0593. The van der Waals surface area contributed by atoms with Crippen LogP contribution in [0.3, 0.4) is 0 Å². The Kier molecular flexibility index (Phi) is 4.45. The molecule has 0 fully saturated rings. The van der Waals surface area contributed by atoms with Crippen LogP contribution < -0.4 is 16.2 Å².